The van der Waals surface area contributed by atoms with Crippen LogP contribution in [0.25, 0.3) is 0 Å². The molecular weight excluding hydrogens is 293 g/mol. The van der Waals surface area contributed by atoms with Gasteiger partial charge >= 0.3 is 0 Å². The number of hydrogen-bond acceptors (Lipinski definition) is 2. The van der Waals surface area contributed by atoms with Crippen LogP contribution in [0.3, 0.4) is 0 Å². The van der Waals surface area contributed by atoms with E-state index in [1.165, 1.54) is 23.3 Å². The van der Waals surface area contributed by atoms with Gasteiger partial charge in [-0.05, 0) is 31.9 Å². The van der Waals surface area contributed by atoms with Crippen LogP contribution in [0.4, 0.5) is 4.39 Å². The Kier molecular flexibility index (Phi) is 5.88. The minimum absolute atomic E-state index is 0.00656. The standard InChI is InChI=1S/C19H22FNO2/c1-13-9-14(2)11-15(10-13)7-8-19(23)21-12-18(22)16-5-3-4-6-17(16)20/h3-6,9-11,18,22H,7-8,12H2,1-2H3,(H,21,23). The SMILES string of the molecule is Cc1cc(C)cc(CCC(=O)NCC(O)c2ccccc2F)c1. The fourth-order valence-electron chi connectivity index (χ4n) is 2.63. The van der Waals surface area contributed by atoms with Crippen molar-refractivity contribution in [3.63, 3.8) is 0 Å². The Morgan fingerprint density at radius 1 is 1.17 bits per heavy atom. The molecule has 0 aromatic heterocycles. The minimum atomic E-state index is -1.04. The van der Waals surface area contributed by atoms with E-state index in [4.69, 9.17) is 0 Å². The van der Waals surface area contributed by atoms with Gasteiger partial charge in [0.1, 0.15) is 5.82 Å². The lowest BCUT2D eigenvalue weighted by molar-refractivity contribution is -0.121. The number of carbonyl (C=O) groups excluding carboxylic acids is 1. The Hall–Kier alpha value is -2.20. The molecule has 2 rings (SSSR count). The Morgan fingerprint density at radius 2 is 1.83 bits per heavy atom. The van der Waals surface area contributed by atoms with Gasteiger partial charge < -0.3 is 10.4 Å². The molecule has 0 saturated heterocycles. The predicted octanol–water partition coefficient (Wildman–Crippen LogP) is 3.22. The summed E-state index contributed by atoms with van der Waals surface area (Å²) in [5, 5.41) is 12.6. The Morgan fingerprint density at radius 3 is 2.48 bits per heavy atom. The normalized spacial score (nSPS) is 12.0. The van der Waals surface area contributed by atoms with Crippen LogP contribution in [0.5, 0.6) is 0 Å². The fraction of sp³-hybridized carbons (Fsp3) is 0.316. The predicted molar refractivity (Wildman–Crippen MR) is 88.6 cm³/mol. The summed E-state index contributed by atoms with van der Waals surface area (Å²) in [6.45, 7) is 4.06. The van der Waals surface area contributed by atoms with Gasteiger partial charge in [0.25, 0.3) is 0 Å². The summed E-state index contributed by atoms with van der Waals surface area (Å²) in [7, 11) is 0. The number of nitrogens with one attached hydrogen (secondary N) is 1. The van der Waals surface area contributed by atoms with E-state index >= 15 is 0 Å². The lowest BCUT2D eigenvalue weighted by atomic mass is 10.0. The highest BCUT2D eigenvalue weighted by Gasteiger charge is 2.13. The molecule has 0 spiro atoms. The molecule has 0 heterocycles. The largest absolute Gasteiger partial charge is 0.386 e. The number of rotatable bonds is 6. The van der Waals surface area contributed by atoms with Crippen molar-refractivity contribution in [2.75, 3.05) is 6.54 Å². The minimum Gasteiger partial charge on any atom is -0.386 e. The molecule has 0 bridgehead atoms. The van der Waals surface area contributed by atoms with Crippen LogP contribution in [-0.2, 0) is 11.2 Å². The number of halogens is 1. The summed E-state index contributed by atoms with van der Waals surface area (Å²) >= 11 is 0. The summed E-state index contributed by atoms with van der Waals surface area (Å²) in [5.74, 6) is -0.621. The number of hydrogen-bond donors (Lipinski definition) is 2. The molecule has 1 atom stereocenters. The van der Waals surface area contributed by atoms with Crippen molar-refractivity contribution < 1.29 is 14.3 Å². The van der Waals surface area contributed by atoms with E-state index in [0.717, 1.165) is 5.56 Å². The van der Waals surface area contributed by atoms with Gasteiger partial charge in [-0.1, -0.05) is 47.5 Å². The number of carbonyl (C=O) groups is 1. The zero-order valence-corrected chi connectivity index (χ0v) is 13.5. The van der Waals surface area contributed by atoms with E-state index in [2.05, 4.69) is 23.5 Å². The monoisotopic (exact) mass is 315 g/mol. The summed E-state index contributed by atoms with van der Waals surface area (Å²) in [4.78, 5) is 11.9. The number of benzene rings is 2. The van der Waals surface area contributed by atoms with E-state index in [0.29, 0.717) is 12.8 Å². The maximum absolute atomic E-state index is 13.5. The van der Waals surface area contributed by atoms with Crippen molar-refractivity contribution in [2.24, 2.45) is 0 Å². The van der Waals surface area contributed by atoms with Crippen molar-refractivity contribution >= 4 is 5.91 Å². The van der Waals surface area contributed by atoms with Crippen molar-refractivity contribution in [3.8, 4) is 0 Å². The van der Waals surface area contributed by atoms with E-state index in [-0.39, 0.29) is 18.0 Å². The Bertz CT molecular complexity index is 665. The maximum atomic E-state index is 13.5. The highest BCUT2D eigenvalue weighted by molar-refractivity contribution is 5.76. The molecule has 0 fully saturated rings. The zero-order chi connectivity index (χ0) is 16.8. The third-order valence-corrected chi connectivity index (χ3v) is 3.68. The first-order chi connectivity index (χ1) is 11.0. The second-order valence-electron chi connectivity index (χ2n) is 5.84. The first-order valence-electron chi connectivity index (χ1n) is 7.72. The molecule has 0 aliphatic carbocycles. The average molecular weight is 315 g/mol. The average Bonchev–Trinajstić information content (AvgIpc) is 2.50. The van der Waals surface area contributed by atoms with Gasteiger partial charge in [0, 0.05) is 18.5 Å². The molecule has 1 unspecified atom stereocenters. The van der Waals surface area contributed by atoms with Crippen LogP contribution in [0.15, 0.2) is 42.5 Å². The molecule has 4 heteroatoms. The van der Waals surface area contributed by atoms with Crippen molar-refractivity contribution in [1.29, 1.82) is 0 Å². The highest BCUT2D eigenvalue weighted by atomic mass is 19.1. The van der Waals surface area contributed by atoms with Gasteiger partial charge in [0.05, 0.1) is 6.10 Å². The second-order valence-corrected chi connectivity index (χ2v) is 5.84. The van der Waals surface area contributed by atoms with Gasteiger partial charge in [-0.3, -0.25) is 4.79 Å². The van der Waals surface area contributed by atoms with E-state index < -0.39 is 11.9 Å². The molecule has 2 N–H and O–H groups in total. The highest BCUT2D eigenvalue weighted by Crippen LogP contribution is 2.16. The lowest BCUT2D eigenvalue weighted by Crippen LogP contribution is -2.28. The number of aliphatic hydroxyl groups excluding tert-OH is 1. The van der Waals surface area contributed by atoms with Crippen LogP contribution in [0.1, 0.15) is 34.8 Å². The van der Waals surface area contributed by atoms with Crippen LogP contribution in [0.2, 0.25) is 0 Å². The molecule has 3 nitrogen and oxygen atoms in total. The first-order valence-corrected chi connectivity index (χ1v) is 7.72. The summed E-state index contributed by atoms with van der Waals surface area (Å²) < 4.78 is 13.5. The molecule has 2 aromatic rings. The summed E-state index contributed by atoms with van der Waals surface area (Å²) in [5.41, 5.74) is 3.67. The van der Waals surface area contributed by atoms with Gasteiger partial charge in [-0.25, -0.2) is 4.39 Å². The number of amides is 1. The third kappa shape index (κ3) is 5.18. The lowest BCUT2D eigenvalue weighted by Gasteiger charge is -2.13. The molecule has 122 valence electrons. The van der Waals surface area contributed by atoms with Gasteiger partial charge in [-0.15, -0.1) is 0 Å². The molecule has 0 aliphatic rings. The molecule has 0 aliphatic heterocycles. The molecule has 23 heavy (non-hydrogen) atoms. The van der Waals surface area contributed by atoms with Gasteiger partial charge in [0.15, 0.2) is 0 Å². The number of aliphatic hydroxyl groups is 1. The fourth-order valence-corrected chi connectivity index (χ4v) is 2.63. The third-order valence-electron chi connectivity index (χ3n) is 3.68. The second kappa shape index (κ2) is 7.88. The van der Waals surface area contributed by atoms with Gasteiger partial charge in [0.2, 0.25) is 5.91 Å². The van der Waals surface area contributed by atoms with Crippen molar-refractivity contribution in [2.45, 2.75) is 32.8 Å². The topological polar surface area (TPSA) is 49.3 Å². The molecule has 2 aromatic carbocycles. The van der Waals surface area contributed by atoms with Crippen LogP contribution in [-0.4, -0.2) is 17.6 Å². The van der Waals surface area contributed by atoms with Gasteiger partial charge in [-0.2, -0.15) is 0 Å². The first kappa shape index (κ1) is 17.2. The molecular formula is C19H22FNO2. The molecule has 0 radical (unpaired) electrons. The molecule has 0 saturated carbocycles. The van der Waals surface area contributed by atoms with Crippen molar-refractivity contribution in [1.82, 2.24) is 5.32 Å². The maximum Gasteiger partial charge on any atom is 0.220 e. The Labute approximate surface area is 136 Å². The molecule has 1 amide bonds. The Balaban J connectivity index is 1.82. The smallest absolute Gasteiger partial charge is 0.220 e. The van der Waals surface area contributed by atoms with E-state index in [1.54, 1.807) is 12.1 Å². The van der Waals surface area contributed by atoms with Crippen LogP contribution < -0.4 is 5.32 Å². The zero-order valence-electron chi connectivity index (χ0n) is 13.5. The quantitative estimate of drug-likeness (QED) is 0.860. The number of aryl methyl sites for hydroxylation is 3. The van der Waals surface area contributed by atoms with Crippen LogP contribution >= 0.6 is 0 Å². The van der Waals surface area contributed by atoms with Crippen LogP contribution in [0, 0.1) is 19.7 Å². The van der Waals surface area contributed by atoms with E-state index in [1.807, 2.05) is 13.8 Å². The van der Waals surface area contributed by atoms with Crippen molar-refractivity contribution in [3.05, 3.63) is 70.5 Å². The summed E-state index contributed by atoms with van der Waals surface area (Å²) in [6.07, 6.45) is -0.0572. The summed E-state index contributed by atoms with van der Waals surface area (Å²) in [6, 6.07) is 12.2. The van der Waals surface area contributed by atoms with E-state index in [9.17, 15) is 14.3 Å².